The third kappa shape index (κ3) is 5.40. The van der Waals surface area contributed by atoms with E-state index < -0.39 is 12.0 Å². The van der Waals surface area contributed by atoms with Crippen molar-refractivity contribution in [2.45, 2.75) is 39.7 Å². The zero-order chi connectivity index (χ0) is 26.9. The zero-order valence-corrected chi connectivity index (χ0v) is 22.8. The smallest absolute Gasteiger partial charge is 0.308 e. The molecule has 0 saturated carbocycles. The molecule has 37 heavy (non-hydrogen) atoms. The molecule has 0 bridgehead atoms. The Morgan fingerprint density at radius 3 is 2.81 bits per heavy atom. The van der Waals surface area contributed by atoms with E-state index >= 15 is 0 Å². The maximum Gasteiger partial charge on any atom is 0.308 e. The highest BCUT2D eigenvalue weighted by atomic mass is 32.2. The van der Waals surface area contributed by atoms with Crippen LogP contribution in [0.3, 0.4) is 0 Å². The Kier molecular flexibility index (Phi) is 7.98. The molecule has 2 aliphatic heterocycles. The fraction of sp³-hybridized carbons (Fsp3) is 0.440. The summed E-state index contributed by atoms with van der Waals surface area (Å²) in [5.41, 5.74) is 0.946. The van der Waals surface area contributed by atoms with E-state index in [9.17, 15) is 19.2 Å². The number of ether oxygens (including phenoxy) is 1. The first-order valence-corrected chi connectivity index (χ1v) is 13.2. The van der Waals surface area contributed by atoms with Gasteiger partial charge >= 0.3 is 5.97 Å². The molecule has 2 saturated heterocycles. The van der Waals surface area contributed by atoms with Crippen LogP contribution in [0.25, 0.3) is 11.7 Å². The number of thiocarbonyl (C=S) groups is 1. The number of thioether (sulfide) groups is 1. The lowest BCUT2D eigenvalue weighted by molar-refractivity contribution is -0.143. The van der Waals surface area contributed by atoms with E-state index in [4.69, 9.17) is 21.9 Å². The monoisotopic (exact) mass is 543 g/mol. The lowest BCUT2D eigenvalue weighted by Gasteiger charge is -2.36. The largest absolute Gasteiger partial charge is 0.469 e. The van der Waals surface area contributed by atoms with Gasteiger partial charge in [-0.25, -0.2) is 4.98 Å². The van der Waals surface area contributed by atoms with Crippen molar-refractivity contribution in [1.29, 1.82) is 0 Å². The van der Waals surface area contributed by atoms with E-state index in [2.05, 4.69) is 19.2 Å². The number of carbonyl (C=O) groups excluding carboxylic acids is 3. The van der Waals surface area contributed by atoms with Gasteiger partial charge in [0, 0.05) is 25.8 Å². The minimum Gasteiger partial charge on any atom is -0.469 e. The number of hydrogen-bond acceptors (Lipinski definition) is 9. The number of pyridine rings is 1. The number of aromatic nitrogens is 2. The Balaban J connectivity index is 1.87. The van der Waals surface area contributed by atoms with Crippen molar-refractivity contribution in [2.24, 2.45) is 5.92 Å². The summed E-state index contributed by atoms with van der Waals surface area (Å²) in [5.74, 6) is -0.564. The summed E-state index contributed by atoms with van der Waals surface area (Å²) < 4.78 is 6.66. The normalized spacial score (nSPS) is 19.3. The molecule has 1 atom stereocenters. The Morgan fingerprint density at radius 2 is 2.11 bits per heavy atom. The molecule has 4 rings (SSSR count). The molecule has 0 radical (unpaired) electrons. The first-order chi connectivity index (χ1) is 17.6. The number of amides is 2. The van der Waals surface area contributed by atoms with Crippen LogP contribution in [0.1, 0.15) is 37.8 Å². The topological polar surface area (TPSA) is 113 Å². The maximum absolute atomic E-state index is 13.8. The summed E-state index contributed by atoms with van der Waals surface area (Å²) in [6.07, 6.45) is 3.70. The number of piperazine rings is 1. The number of fused-ring (bicyclic) bond motifs is 1. The van der Waals surface area contributed by atoms with Gasteiger partial charge in [0.2, 0.25) is 5.91 Å². The van der Waals surface area contributed by atoms with Crippen LogP contribution >= 0.6 is 24.0 Å². The van der Waals surface area contributed by atoms with Crippen molar-refractivity contribution in [3.05, 3.63) is 44.7 Å². The maximum atomic E-state index is 13.8. The highest BCUT2D eigenvalue weighted by Gasteiger charge is 2.36. The number of nitrogens with one attached hydrogen (secondary N) is 1. The second-order valence-corrected chi connectivity index (χ2v) is 11.0. The van der Waals surface area contributed by atoms with E-state index in [1.807, 2.05) is 13.0 Å². The average molecular weight is 544 g/mol. The van der Waals surface area contributed by atoms with Gasteiger partial charge in [-0.1, -0.05) is 43.9 Å². The van der Waals surface area contributed by atoms with Crippen LogP contribution in [0.2, 0.25) is 0 Å². The number of nitrogens with zero attached hydrogens (tertiary/aromatic N) is 4. The van der Waals surface area contributed by atoms with E-state index in [1.54, 1.807) is 22.1 Å². The molecular weight excluding hydrogens is 514 g/mol. The van der Waals surface area contributed by atoms with Gasteiger partial charge in [-0.2, -0.15) is 0 Å². The SMILES string of the molecule is COC(=O)CC1C(=O)NCCN1c1nc2c(C)cccn2c(=O)c1C=C1SC(=S)N(CCC(C)C)C1=O. The Morgan fingerprint density at radius 1 is 1.35 bits per heavy atom. The number of aryl methyl sites for hydroxylation is 1. The van der Waals surface area contributed by atoms with E-state index in [-0.39, 0.29) is 35.2 Å². The Hall–Kier alpha value is -3.25. The molecular formula is C25H29N5O5S2. The van der Waals surface area contributed by atoms with Crippen molar-refractivity contribution in [3.8, 4) is 0 Å². The summed E-state index contributed by atoms with van der Waals surface area (Å²) in [5, 5.41) is 2.76. The molecule has 10 nitrogen and oxygen atoms in total. The fourth-order valence-electron chi connectivity index (χ4n) is 4.27. The van der Waals surface area contributed by atoms with Gasteiger partial charge < -0.3 is 15.0 Å². The lowest BCUT2D eigenvalue weighted by Crippen LogP contribution is -2.57. The number of esters is 1. The first-order valence-electron chi connectivity index (χ1n) is 12.0. The zero-order valence-electron chi connectivity index (χ0n) is 21.1. The van der Waals surface area contributed by atoms with Crippen molar-refractivity contribution >= 4 is 63.6 Å². The lowest BCUT2D eigenvalue weighted by atomic mass is 10.1. The molecule has 0 spiro atoms. The number of methoxy groups -OCH3 is 1. The molecule has 196 valence electrons. The fourth-order valence-corrected chi connectivity index (χ4v) is 5.56. The van der Waals surface area contributed by atoms with Gasteiger partial charge in [0.05, 0.1) is 24.0 Å². The van der Waals surface area contributed by atoms with Crippen LogP contribution in [0.5, 0.6) is 0 Å². The third-order valence-corrected chi connectivity index (χ3v) is 7.71. The third-order valence-electron chi connectivity index (χ3n) is 6.33. The first kappa shape index (κ1) is 26.8. The highest BCUT2D eigenvalue weighted by Crippen LogP contribution is 2.34. The van der Waals surface area contributed by atoms with Gasteiger partial charge in [-0.3, -0.25) is 28.5 Å². The van der Waals surface area contributed by atoms with Gasteiger partial charge in [0.15, 0.2) is 0 Å². The van der Waals surface area contributed by atoms with Gasteiger partial charge in [-0.05, 0) is 37.0 Å². The molecule has 1 N–H and O–H groups in total. The highest BCUT2D eigenvalue weighted by molar-refractivity contribution is 8.26. The summed E-state index contributed by atoms with van der Waals surface area (Å²) in [6.45, 7) is 7.10. The quantitative estimate of drug-likeness (QED) is 0.319. The number of rotatable bonds is 7. The van der Waals surface area contributed by atoms with Crippen molar-refractivity contribution in [1.82, 2.24) is 19.6 Å². The minimum atomic E-state index is -0.924. The van der Waals surface area contributed by atoms with Crippen molar-refractivity contribution < 1.29 is 19.1 Å². The van der Waals surface area contributed by atoms with Gasteiger partial charge in [0.25, 0.3) is 11.5 Å². The van der Waals surface area contributed by atoms with Gasteiger partial charge in [0.1, 0.15) is 21.8 Å². The number of anilines is 1. The van der Waals surface area contributed by atoms with Crippen LogP contribution in [-0.4, -0.2) is 69.2 Å². The predicted octanol–water partition coefficient (Wildman–Crippen LogP) is 2.12. The summed E-state index contributed by atoms with van der Waals surface area (Å²) >= 11 is 6.59. The molecule has 4 heterocycles. The molecule has 0 aliphatic carbocycles. The van der Waals surface area contributed by atoms with Crippen molar-refractivity contribution in [2.75, 3.05) is 31.6 Å². The van der Waals surface area contributed by atoms with Crippen LogP contribution < -0.4 is 15.8 Å². The molecule has 12 heteroatoms. The molecule has 2 aromatic rings. The Labute approximate surface area is 224 Å². The molecule has 2 aromatic heterocycles. The second kappa shape index (κ2) is 11.0. The number of hydrogen-bond donors (Lipinski definition) is 1. The average Bonchev–Trinajstić information content (AvgIpc) is 3.12. The van der Waals surface area contributed by atoms with Crippen LogP contribution in [0, 0.1) is 12.8 Å². The summed E-state index contributed by atoms with van der Waals surface area (Å²) in [7, 11) is 1.25. The van der Waals surface area contributed by atoms with Crippen LogP contribution in [0.15, 0.2) is 28.0 Å². The van der Waals surface area contributed by atoms with Crippen molar-refractivity contribution in [3.63, 3.8) is 0 Å². The predicted molar refractivity (Wildman–Crippen MR) is 146 cm³/mol. The minimum absolute atomic E-state index is 0.150. The van der Waals surface area contributed by atoms with Crippen LogP contribution in [0.4, 0.5) is 5.82 Å². The van der Waals surface area contributed by atoms with Crippen LogP contribution in [-0.2, 0) is 19.1 Å². The second-order valence-electron chi connectivity index (χ2n) is 9.34. The molecule has 1 unspecified atom stereocenters. The van der Waals surface area contributed by atoms with E-state index in [0.717, 1.165) is 23.7 Å². The van der Waals surface area contributed by atoms with E-state index in [0.29, 0.717) is 40.4 Å². The summed E-state index contributed by atoms with van der Waals surface area (Å²) in [4.78, 5) is 60.2. The number of carbonyl (C=O) groups is 3. The molecule has 2 amide bonds. The molecule has 0 aromatic carbocycles. The van der Waals surface area contributed by atoms with Gasteiger partial charge in [-0.15, -0.1) is 0 Å². The van der Waals surface area contributed by atoms with E-state index in [1.165, 1.54) is 17.6 Å². The molecule has 2 aliphatic rings. The standard InChI is InChI=1S/C25H29N5O5S2/c1-14(2)7-10-30-24(34)18(37-25(30)36)12-16-21(27-20-15(3)6-5-9-29(20)23(16)33)28-11-8-26-22(32)17(28)13-19(31)35-4/h5-6,9,12,14,17H,7-8,10-11,13H2,1-4H3,(H,26,32). The Bertz CT molecular complexity index is 1370. The molecule has 2 fully saturated rings. The summed E-state index contributed by atoms with van der Waals surface area (Å²) in [6, 6.07) is 2.65.